The quantitative estimate of drug-likeness (QED) is 0.149. The molecule has 8 nitrogen and oxygen atoms in total. The summed E-state index contributed by atoms with van der Waals surface area (Å²) < 4.78 is 0. The topological polar surface area (TPSA) is 128 Å². The molecule has 10 heteroatoms. The Balaban J connectivity index is -0.0000000579. The number of hydrogen-bond acceptors (Lipinski definition) is 8. The summed E-state index contributed by atoms with van der Waals surface area (Å²) in [5.74, 6) is 0. The van der Waals surface area contributed by atoms with Crippen LogP contribution >= 0.6 is 0 Å². The van der Waals surface area contributed by atoms with Gasteiger partial charge in [-0.25, -0.2) is 0 Å². The average molecular weight is 424 g/mol. The van der Waals surface area contributed by atoms with Crippen molar-refractivity contribution in [3.8, 4) is 0 Å². The van der Waals surface area contributed by atoms with Crippen molar-refractivity contribution >= 4 is 0 Å². The van der Waals surface area contributed by atoms with Crippen LogP contribution in [0, 0.1) is 14.9 Å². The zero-order valence-corrected chi connectivity index (χ0v) is 18.2. The van der Waals surface area contributed by atoms with Gasteiger partial charge in [-0.15, -0.1) is 0 Å². The Morgan fingerprint density at radius 3 is 0.583 bits per heavy atom. The van der Waals surface area contributed by atoms with E-state index in [1.807, 2.05) is 0 Å². The van der Waals surface area contributed by atoms with Crippen molar-refractivity contribution < 1.29 is 74.1 Å². The molecule has 0 aromatic heterocycles. The first-order valence-electron chi connectivity index (χ1n) is 6.79. The smallest absolute Gasteiger partial charge is 0.395 e. The summed E-state index contributed by atoms with van der Waals surface area (Å²) >= 11 is 0. The summed E-state index contributed by atoms with van der Waals surface area (Å²) in [6, 6.07) is 0. The first kappa shape index (κ1) is 40.0. The number of rotatable bonds is 12. The molecule has 0 saturated heterocycles. The number of hydrogen-bond donors (Lipinski definition) is 6. The zero-order valence-electron chi connectivity index (χ0n) is 15.1. The van der Waals surface area contributed by atoms with Gasteiger partial charge in [-0.2, -0.15) is 0 Å². The van der Waals surface area contributed by atoms with Crippen LogP contribution < -0.4 is 0 Å². The molecule has 0 aliphatic heterocycles. The van der Waals surface area contributed by atoms with Crippen molar-refractivity contribution in [2.45, 2.75) is 0 Å². The molecule has 24 heavy (non-hydrogen) atoms. The number of aliphatic hydroxyl groups is 6. The summed E-state index contributed by atoms with van der Waals surface area (Å²) in [7, 11) is 0. The van der Waals surface area contributed by atoms with E-state index in [9.17, 15) is 0 Å². The molecule has 0 heterocycles. The Kier molecular flexibility index (Phi) is 58.7. The second-order valence-electron chi connectivity index (χ2n) is 4.02. The molecule has 0 spiro atoms. The molecule has 0 rings (SSSR count). The second kappa shape index (κ2) is 35.3. The van der Waals surface area contributed by atoms with Gasteiger partial charge in [0.1, 0.15) is 0 Å². The maximum atomic E-state index is 8.48. The van der Waals surface area contributed by atoms with E-state index in [1.165, 1.54) is 0 Å². The van der Waals surface area contributed by atoms with Gasteiger partial charge < -0.3 is 45.5 Å². The van der Waals surface area contributed by atoms with E-state index >= 15 is 0 Å². The van der Waals surface area contributed by atoms with Crippen molar-refractivity contribution in [2.24, 2.45) is 0 Å². The Morgan fingerprint density at radius 1 is 0.375 bits per heavy atom. The Labute approximate surface area is 177 Å². The van der Waals surface area contributed by atoms with E-state index in [2.05, 4.69) is 0 Å². The van der Waals surface area contributed by atoms with E-state index in [0.29, 0.717) is 39.3 Å². The first-order chi connectivity index (χ1) is 9.69. The van der Waals surface area contributed by atoms with Gasteiger partial charge in [0.25, 0.3) is 0 Å². The van der Waals surface area contributed by atoms with Crippen LogP contribution in [0.5, 0.6) is 0 Å². The fraction of sp³-hybridized carbons (Fsp3) is 0.857. The molecular weight excluding hydrogens is 388 g/mol. The molecule has 0 fully saturated rings. The molecule has 144 valence electrons. The molecule has 0 amide bonds. The summed E-state index contributed by atoms with van der Waals surface area (Å²) in [5.41, 5.74) is 0. The van der Waals surface area contributed by atoms with Crippen molar-refractivity contribution in [1.29, 1.82) is 0 Å². The standard InChI is InChI=1S/2C6H15NO3.2CH3.2Ti/c2*8-4-1-7(2-5-9)3-6-10;;;;/h2*8-10H,1-6H2;2*1H3;;/q;;2*-1;2*+2. The van der Waals surface area contributed by atoms with Crippen molar-refractivity contribution in [3.05, 3.63) is 14.9 Å². The van der Waals surface area contributed by atoms with Crippen LogP contribution in [0.15, 0.2) is 0 Å². The van der Waals surface area contributed by atoms with Gasteiger partial charge in [0.2, 0.25) is 0 Å². The van der Waals surface area contributed by atoms with Crippen LogP contribution in [-0.2, 0) is 43.4 Å². The minimum atomic E-state index is 0. The van der Waals surface area contributed by atoms with Crippen LogP contribution in [0.4, 0.5) is 0 Å². The zero-order chi connectivity index (χ0) is 15.6. The van der Waals surface area contributed by atoms with Crippen molar-refractivity contribution in [1.82, 2.24) is 9.80 Å². The Morgan fingerprint density at radius 2 is 0.500 bits per heavy atom. The van der Waals surface area contributed by atoms with Crippen molar-refractivity contribution in [3.63, 3.8) is 0 Å². The van der Waals surface area contributed by atoms with Crippen LogP contribution in [0.2, 0.25) is 0 Å². The monoisotopic (exact) mass is 424 g/mol. The second-order valence-corrected chi connectivity index (χ2v) is 4.02. The largest absolute Gasteiger partial charge is 2.00 e. The molecule has 0 atom stereocenters. The predicted octanol–water partition coefficient (Wildman–Crippen LogP) is -2.57. The third kappa shape index (κ3) is 30.9. The maximum absolute atomic E-state index is 8.48. The third-order valence-corrected chi connectivity index (χ3v) is 2.50. The van der Waals surface area contributed by atoms with Gasteiger partial charge in [-0.05, 0) is 0 Å². The van der Waals surface area contributed by atoms with E-state index in [4.69, 9.17) is 30.6 Å². The minimum absolute atomic E-state index is 0. The maximum Gasteiger partial charge on any atom is 2.00 e. The third-order valence-electron chi connectivity index (χ3n) is 2.50. The summed E-state index contributed by atoms with van der Waals surface area (Å²) in [5, 5.41) is 50.9. The van der Waals surface area contributed by atoms with Gasteiger partial charge in [0, 0.05) is 39.3 Å². The summed E-state index contributed by atoms with van der Waals surface area (Å²) in [6.45, 7) is 3.51. The molecular formula is C14H36N2O6Ti2+2. The van der Waals surface area contributed by atoms with Crippen LogP contribution in [0.3, 0.4) is 0 Å². The van der Waals surface area contributed by atoms with Gasteiger partial charge in [-0.1, -0.05) is 0 Å². The van der Waals surface area contributed by atoms with Crippen LogP contribution in [0.1, 0.15) is 0 Å². The Bertz CT molecular complexity index is 141. The molecule has 0 aliphatic carbocycles. The van der Waals surface area contributed by atoms with Gasteiger partial charge in [0.15, 0.2) is 0 Å². The van der Waals surface area contributed by atoms with E-state index in [1.54, 1.807) is 9.80 Å². The van der Waals surface area contributed by atoms with Gasteiger partial charge in [-0.3, -0.25) is 9.80 Å². The first-order valence-corrected chi connectivity index (χ1v) is 6.79. The summed E-state index contributed by atoms with van der Waals surface area (Å²) in [4.78, 5) is 3.58. The molecule has 0 aromatic carbocycles. The number of nitrogens with zero attached hydrogens (tertiary/aromatic N) is 2. The molecule has 6 N–H and O–H groups in total. The molecule has 0 aliphatic rings. The molecule has 0 aromatic rings. The normalized spacial score (nSPS) is 9.00. The molecule has 0 radical (unpaired) electrons. The Hall–Kier alpha value is 1.11. The molecule has 0 bridgehead atoms. The molecule has 0 unspecified atom stereocenters. The minimum Gasteiger partial charge on any atom is -0.395 e. The van der Waals surface area contributed by atoms with Gasteiger partial charge in [0.05, 0.1) is 39.6 Å². The van der Waals surface area contributed by atoms with Gasteiger partial charge >= 0.3 is 43.4 Å². The van der Waals surface area contributed by atoms with E-state index in [-0.39, 0.29) is 97.9 Å². The average Bonchev–Trinajstić information content (AvgIpc) is 2.41. The summed E-state index contributed by atoms with van der Waals surface area (Å²) in [6.07, 6.45) is 0. The SMILES string of the molecule is OCCN(CCO)CCO.OCCN(CCO)CCO.[CH3-].[CH3-].[Ti+2].[Ti+2]. The van der Waals surface area contributed by atoms with Crippen LogP contribution in [-0.4, -0.2) is 119 Å². The van der Waals surface area contributed by atoms with E-state index < -0.39 is 0 Å². The fourth-order valence-electron chi connectivity index (χ4n) is 1.52. The fourth-order valence-corrected chi connectivity index (χ4v) is 1.52. The van der Waals surface area contributed by atoms with Crippen LogP contribution in [0.25, 0.3) is 0 Å². The number of aliphatic hydroxyl groups excluding tert-OH is 6. The van der Waals surface area contributed by atoms with E-state index in [0.717, 1.165) is 0 Å². The predicted molar refractivity (Wildman–Crippen MR) is 88.2 cm³/mol. The van der Waals surface area contributed by atoms with Crippen molar-refractivity contribution in [2.75, 3.05) is 78.9 Å². The molecule has 0 saturated carbocycles.